The van der Waals surface area contributed by atoms with Gasteiger partial charge in [0.2, 0.25) is 5.91 Å². The summed E-state index contributed by atoms with van der Waals surface area (Å²) in [4.78, 5) is 13.9. The average Bonchev–Trinajstić information content (AvgIpc) is 2.29. The SMILES string of the molecule is COCC(C)CC(=O)N1CCNCC1CN. The Kier molecular flexibility index (Phi) is 5.73. The van der Waals surface area contributed by atoms with Crippen molar-refractivity contribution in [1.29, 1.82) is 0 Å². The summed E-state index contributed by atoms with van der Waals surface area (Å²) in [6.45, 7) is 5.62. The van der Waals surface area contributed by atoms with Gasteiger partial charge < -0.3 is 20.7 Å². The number of methoxy groups -OCH3 is 1. The number of ether oxygens (including phenoxy) is 1. The van der Waals surface area contributed by atoms with Crippen LogP contribution in [0.25, 0.3) is 0 Å². The molecule has 0 aromatic rings. The number of hydrogen-bond acceptors (Lipinski definition) is 4. The molecule has 0 bridgehead atoms. The first-order valence-electron chi connectivity index (χ1n) is 5.88. The van der Waals surface area contributed by atoms with Crippen LogP contribution >= 0.6 is 0 Å². The summed E-state index contributed by atoms with van der Waals surface area (Å²) in [6.07, 6.45) is 0.546. The molecular formula is C11H23N3O2. The number of hydrogen-bond donors (Lipinski definition) is 2. The van der Waals surface area contributed by atoms with Crippen LogP contribution in [0.15, 0.2) is 0 Å². The fraction of sp³-hybridized carbons (Fsp3) is 0.909. The van der Waals surface area contributed by atoms with Crippen molar-refractivity contribution in [2.75, 3.05) is 39.9 Å². The molecular weight excluding hydrogens is 206 g/mol. The molecule has 0 aromatic carbocycles. The van der Waals surface area contributed by atoms with Gasteiger partial charge >= 0.3 is 0 Å². The zero-order valence-electron chi connectivity index (χ0n) is 10.2. The minimum atomic E-state index is 0.149. The van der Waals surface area contributed by atoms with Gasteiger partial charge in [-0.15, -0.1) is 0 Å². The molecule has 1 aliphatic heterocycles. The number of nitrogens with one attached hydrogen (secondary N) is 1. The predicted molar refractivity (Wildman–Crippen MR) is 63.1 cm³/mol. The van der Waals surface area contributed by atoms with Crippen molar-refractivity contribution >= 4 is 5.91 Å². The van der Waals surface area contributed by atoms with Crippen LogP contribution in [0, 0.1) is 5.92 Å². The third-order valence-electron chi connectivity index (χ3n) is 2.92. The summed E-state index contributed by atoms with van der Waals surface area (Å²) >= 11 is 0. The Bertz CT molecular complexity index is 223. The van der Waals surface area contributed by atoms with Crippen LogP contribution in [0.1, 0.15) is 13.3 Å². The lowest BCUT2D eigenvalue weighted by Crippen LogP contribution is -2.56. The van der Waals surface area contributed by atoms with E-state index in [1.54, 1.807) is 7.11 Å². The lowest BCUT2D eigenvalue weighted by molar-refractivity contribution is -0.135. The molecule has 1 amide bonds. The highest BCUT2D eigenvalue weighted by molar-refractivity contribution is 5.77. The van der Waals surface area contributed by atoms with Crippen molar-refractivity contribution in [3.63, 3.8) is 0 Å². The van der Waals surface area contributed by atoms with E-state index in [0.717, 1.165) is 19.6 Å². The highest BCUT2D eigenvalue weighted by atomic mass is 16.5. The summed E-state index contributed by atoms with van der Waals surface area (Å²) in [6, 6.07) is 0.149. The number of nitrogens with zero attached hydrogens (tertiary/aromatic N) is 1. The van der Waals surface area contributed by atoms with E-state index in [1.807, 2.05) is 11.8 Å². The fourth-order valence-electron chi connectivity index (χ4n) is 2.06. The van der Waals surface area contributed by atoms with Crippen molar-refractivity contribution < 1.29 is 9.53 Å². The Balaban J connectivity index is 2.44. The first-order valence-corrected chi connectivity index (χ1v) is 5.88. The maximum Gasteiger partial charge on any atom is 0.223 e. The quantitative estimate of drug-likeness (QED) is 0.662. The molecule has 16 heavy (non-hydrogen) atoms. The molecule has 5 heteroatoms. The van der Waals surface area contributed by atoms with E-state index in [2.05, 4.69) is 5.32 Å². The molecule has 2 unspecified atom stereocenters. The van der Waals surface area contributed by atoms with Gasteiger partial charge in [0.15, 0.2) is 0 Å². The van der Waals surface area contributed by atoms with Crippen LogP contribution in [0.4, 0.5) is 0 Å². The Hall–Kier alpha value is -0.650. The van der Waals surface area contributed by atoms with Crippen LogP contribution in [-0.2, 0) is 9.53 Å². The highest BCUT2D eigenvalue weighted by Crippen LogP contribution is 2.10. The van der Waals surface area contributed by atoms with Gasteiger partial charge in [-0.2, -0.15) is 0 Å². The van der Waals surface area contributed by atoms with Crippen molar-refractivity contribution in [2.45, 2.75) is 19.4 Å². The number of amides is 1. The second-order valence-electron chi connectivity index (χ2n) is 4.45. The molecule has 94 valence electrons. The van der Waals surface area contributed by atoms with Gasteiger partial charge in [0.05, 0.1) is 6.04 Å². The largest absolute Gasteiger partial charge is 0.384 e. The molecule has 2 atom stereocenters. The molecule has 1 aliphatic rings. The maximum atomic E-state index is 12.0. The third-order valence-corrected chi connectivity index (χ3v) is 2.92. The maximum absolute atomic E-state index is 12.0. The lowest BCUT2D eigenvalue weighted by Gasteiger charge is -2.36. The molecule has 1 saturated heterocycles. The normalized spacial score (nSPS) is 23.2. The van der Waals surface area contributed by atoms with Gasteiger partial charge in [0, 0.05) is 46.3 Å². The molecule has 0 radical (unpaired) electrons. The van der Waals surface area contributed by atoms with Gasteiger partial charge in [-0.1, -0.05) is 6.92 Å². The summed E-state index contributed by atoms with van der Waals surface area (Å²) in [7, 11) is 1.66. The number of nitrogens with two attached hydrogens (primary N) is 1. The van der Waals surface area contributed by atoms with Crippen molar-refractivity contribution in [2.24, 2.45) is 11.7 Å². The molecule has 0 aliphatic carbocycles. The van der Waals surface area contributed by atoms with Gasteiger partial charge in [-0.3, -0.25) is 4.79 Å². The molecule has 0 saturated carbocycles. The van der Waals surface area contributed by atoms with E-state index >= 15 is 0 Å². The Morgan fingerprint density at radius 3 is 3.06 bits per heavy atom. The second-order valence-corrected chi connectivity index (χ2v) is 4.45. The van der Waals surface area contributed by atoms with E-state index in [9.17, 15) is 4.79 Å². The first kappa shape index (κ1) is 13.4. The minimum absolute atomic E-state index is 0.149. The van der Waals surface area contributed by atoms with Gasteiger partial charge in [-0.05, 0) is 5.92 Å². The molecule has 5 nitrogen and oxygen atoms in total. The summed E-state index contributed by atoms with van der Waals surface area (Å²) < 4.78 is 5.04. The lowest BCUT2D eigenvalue weighted by atomic mass is 10.1. The van der Waals surface area contributed by atoms with E-state index in [4.69, 9.17) is 10.5 Å². The zero-order valence-corrected chi connectivity index (χ0v) is 10.2. The summed E-state index contributed by atoms with van der Waals surface area (Å²) in [5.41, 5.74) is 5.66. The average molecular weight is 229 g/mol. The first-order chi connectivity index (χ1) is 7.69. The third kappa shape index (κ3) is 3.73. The van der Waals surface area contributed by atoms with Crippen molar-refractivity contribution in [1.82, 2.24) is 10.2 Å². The van der Waals surface area contributed by atoms with E-state index in [0.29, 0.717) is 19.6 Å². The molecule has 0 spiro atoms. The van der Waals surface area contributed by atoms with Crippen LogP contribution in [0.3, 0.4) is 0 Å². The molecule has 0 aromatic heterocycles. The van der Waals surface area contributed by atoms with E-state index in [-0.39, 0.29) is 17.9 Å². The summed E-state index contributed by atoms with van der Waals surface area (Å²) in [5, 5.41) is 3.25. The molecule has 1 heterocycles. The van der Waals surface area contributed by atoms with Crippen molar-refractivity contribution in [3.8, 4) is 0 Å². The van der Waals surface area contributed by atoms with Gasteiger partial charge in [0.25, 0.3) is 0 Å². The smallest absolute Gasteiger partial charge is 0.223 e. The summed E-state index contributed by atoms with van der Waals surface area (Å²) in [5.74, 6) is 0.465. The van der Waals surface area contributed by atoms with Gasteiger partial charge in [-0.25, -0.2) is 0 Å². The minimum Gasteiger partial charge on any atom is -0.384 e. The number of piperazine rings is 1. The predicted octanol–water partition coefficient (Wildman–Crippen LogP) is -0.582. The van der Waals surface area contributed by atoms with Crippen LogP contribution in [0.5, 0.6) is 0 Å². The van der Waals surface area contributed by atoms with Crippen molar-refractivity contribution in [3.05, 3.63) is 0 Å². The molecule has 1 rings (SSSR count). The Labute approximate surface area is 97.3 Å². The Morgan fingerprint density at radius 1 is 1.69 bits per heavy atom. The topological polar surface area (TPSA) is 67.6 Å². The second kappa shape index (κ2) is 6.83. The standard InChI is InChI=1S/C11H23N3O2/c1-9(8-16-2)5-11(15)14-4-3-13-7-10(14)6-12/h9-10,13H,3-8,12H2,1-2H3. The monoisotopic (exact) mass is 229 g/mol. The van der Waals surface area contributed by atoms with Crippen LogP contribution in [-0.4, -0.2) is 56.7 Å². The fourth-order valence-corrected chi connectivity index (χ4v) is 2.06. The van der Waals surface area contributed by atoms with E-state index < -0.39 is 0 Å². The highest BCUT2D eigenvalue weighted by Gasteiger charge is 2.25. The molecule has 1 fully saturated rings. The van der Waals surface area contributed by atoms with E-state index in [1.165, 1.54) is 0 Å². The van der Waals surface area contributed by atoms with Gasteiger partial charge in [0.1, 0.15) is 0 Å². The van der Waals surface area contributed by atoms with Crippen LogP contribution in [0.2, 0.25) is 0 Å². The number of carbonyl (C=O) groups excluding carboxylic acids is 1. The van der Waals surface area contributed by atoms with Crippen LogP contribution < -0.4 is 11.1 Å². The molecule has 3 N–H and O–H groups in total. The Morgan fingerprint density at radius 2 is 2.44 bits per heavy atom. The zero-order chi connectivity index (χ0) is 12.0. The number of carbonyl (C=O) groups is 1. The number of rotatable bonds is 5.